The van der Waals surface area contributed by atoms with Crippen LogP contribution in [0.3, 0.4) is 0 Å². The summed E-state index contributed by atoms with van der Waals surface area (Å²) in [7, 11) is 0. The molecule has 2 aliphatic rings. The van der Waals surface area contributed by atoms with Crippen molar-refractivity contribution in [1.29, 1.82) is 0 Å². The summed E-state index contributed by atoms with van der Waals surface area (Å²) in [6.45, 7) is 4.07. The number of nitrogens with zero attached hydrogens (tertiary/aromatic N) is 3. The highest BCUT2D eigenvalue weighted by molar-refractivity contribution is 4.89. The lowest BCUT2D eigenvalue weighted by atomic mass is 10.1. The molecule has 2 saturated heterocycles. The van der Waals surface area contributed by atoms with Gasteiger partial charge in [-0.25, -0.2) is 0 Å². The van der Waals surface area contributed by atoms with Crippen molar-refractivity contribution in [2.75, 3.05) is 6.61 Å². The van der Waals surface area contributed by atoms with E-state index in [0.29, 0.717) is 13.0 Å². The predicted octanol–water partition coefficient (Wildman–Crippen LogP) is 0.924. The fraction of sp³-hybridized carbons (Fsp3) is 1.00. The van der Waals surface area contributed by atoms with Crippen molar-refractivity contribution in [2.24, 2.45) is 5.11 Å². The second-order valence-electron chi connectivity index (χ2n) is 4.44. The summed E-state index contributed by atoms with van der Waals surface area (Å²) in [5.41, 5.74) is 8.31. The molecule has 7 nitrogen and oxygen atoms in total. The standard InChI is InChI=1S/C9H15N3O4/c1-9(2)14-4-7(16-9)6-3-5(11-12-10)8(13)15-6/h5-8,13H,3-4H2,1-2H3/t5-,6-,7-,8+/m1/s1. The second kappa shape index (κ2) is 4.20. The molecule has 0 aromatic rings. The minimum absolute atomic E-state index is 0.219. The molecule has 0 unspecified atom stereocenters. The Morgan fingerprint density at radius 3 is 2.75 bits per heavy atom. The first-order chi connectivity index (χ1) is 7.52. The first-order valence-electron chi connectivity index (χ1n) is 5.21. The van der Waals surface area contributed by atoms with Gasteiger partial charge in [0.05, 0.1) is 18.8 Å². The predicted molar refractivity (Wildman–Crippen MR) is 53.3 cm³/mol. The molecule has 1 N–H and O–H groups in total. The Morgan fingerprint density at radius 2 is 2.19 bits per heavy atom. The maximum atomic E-state index is 9.50. The van der Waals surface area contributed by atoms with E-state index >= 15 is 0 Å². The molecule has 16 heavy (non-hydrogen) atoms. The van der Waals surface area contributed by atoms with E-state index in [1.54, 1.807) is 0 Å². The van der Waals surface area contributed by atoms with Gasteiger partial charge in [0.15, 0.2) is 12.1 Å². The van der Waals surface area contributed by atoms with Crippen LogP contribution in [-0.2, 0) is 14.2 Å². The summed E-state index contributed by atoms with van der Waals surface area (Å²) >= 11 is 0. The van der Waals surface area contributed by atoms with Crippen LogP contribution in [0.5, 0.6) is 0 Å². The SMILES string of the molecule is CC1(C)OC[C@H]([C@H]2C[C@@H](N=[N+]=[N-])[C@@H](O)O2)O1. The van der Waals surface area contributed by atoms with Crippen molar-refractivity contribution in [3.63, 3.8) is 0 Å². The van der Waals surface area contributed by atoms with Gasteiger partial charge in [0, 0.05) is 4.91 Å². The first-order valence-corrected chi connectivity index (χ1v) is 5.21. The number of aliphatic hydroxyl groups is 1. The molecule has 0 aliphatic carbocycles. The van der Waals surface area contributed by atoms with E-state index in [0.717, 1.165) is 0 Å². The van der Waals surface area contributed by atoms with E-state index in [2.05, 4.69) is 10.0 Å². The van der Waals surface area contributed by atoms with E-state index in [1.807, 2.05) is 13.8 Å². The third kappa shape index (κ3) is 2.28. The van der Waals surface area contributed by atoms with E-state index in [9.17, 15) is 5.11 Å². The fourth-order valence-corrected chi connectivity index (χ4v) is 1.99. The number of aliphatic hydroxyl groups excluding tert-OH is 1. The van der Waals surface area contributed by atoms with Crippen molar-refractivity contribution in [2.45, 2.75) is 50.6 Å². The highest BCUT2D eigenvalue weighted by Crippen LogP contribution is 2.32. The average Bonchev–Trinajstić information content (AvgIpc) is 2.72. The van der Waals surface area contributed by atoms with E-state index in [4.69, 9.17) is 19.7 Å². The summed E-state index contributed by atoms with van der Waals surface area (Å²) in [4.78, 5) is 2.67. The second-order valence-corrected chi connectivity index (χ2v) is 4.44. The molecular weight excluding hydrogens is 214 g/mol. The number of hydrogen-bond donors (Lipinski definition) is 1. The lowest BCUT2D eigenvalue weighted by Gasteiger charge is -2.20. The lowest BCUT2D eigenvalue weighted by molar-refractivity contribution is -0.169. The summed E-state index contributed by atoms with van der Waals surface area (Å²) in [5.74, 6) is -0.616. The van der Waals surface area contributed by atoms with Crippen molar-refractivity contribution >= 4 is 0 Å². The highest BCUT2D eigenvalue weighted by atomic mass is 16.8. The number of ether oxygens (including phenoxy) is 3. The van der Waals surface area contributed by atoms with Crippen LogP contribution in [0.1, 0.15) is 20.3 Å². The molecular formula is C9H15N3O4. The molecule has 2 fully saturated rings. The third-order valence-corrected chi connectivity index (χ3v) is 2.76. The topological polar surface area (TPSA) is 96.7 Å². The Bertz CT molecular complexity index is 316. The number of rotatable bonds is 2. The van der Waals surface area contributed by atoms with Gasteiger partial charge in [0.1, 0.15) is 6.10 Å². The van der Waals surface area contributed by atoms with Crippen molar-refractivity contribution < 1.29 is 19.3 Å². The Kier molecular flexibility index (Phi) is 3.05. The quantitative estimate of drug-likeness (QED) is 0.432. The van der Waals surface area contributed by atoms with Crippen LogP contribution >= 0.6 is 0 Å². The van der Waals surface area contributed by atoms with Gasteiger partial charge in [-0.15, -0.1) is 0 Å². The van der Waals surface area contributed by atoms with E-state index in [1.165, 1.54) is 0 Å². The van der Waals surface area contributed by atoms with Crippen molar-refractivity contribution in [3.8, 4) is 0 Å². The molecule has 0 radical (unpaired) electrons. The minimum atomic E-state index is -1.05. The fourth-order valence-electron chi connectivity index (χ4n) is 1.99. The van der Waals surface area contributed by atoms with Gasteiger partial charge < -0.3 is 19.3 Å². The summed E-state index contributed by atoms with van der Waals surface area (Å²) < 4.78 is 16.3. The van der Waals surface area contributed by atoms with Crippen LogP contribution in [0.2, 0.25) is 0 Å². The number of azide groups is 1. The zero-order valence-electron chi connectivity index (χ0n) is 9.24. The van der Waals surface area contributed by atoms with E-state index < -0.39 is 18.1 Å². The van der Waals surface area contributed by atoms with Gasteiger partial charge in [-0.2, -0.15) is 0 Å². The van der Waals surface area contributed by atoms with Gasteiger partial charge in [0.25, 0.3) is 0 Å². The van der Waals surface area contributed by atoms with Gasteiger partial charge in [-0.1, -0.05) is 5.11 Å². The zero-order chi connectivity index (χ0) is 11.8. The van der Waals surface area contributed by atoms with Gasteiger partial charge in [-0.3, -0.25) is 0 Å². The van der Waals surface area contributed by atoms with Crippen molar-refractivity contribution in [1.82, 2.24) is 0 Å². The maximum absolute atomic E-state index is 9.50. The minimum Gasteiger partial charge on any atom is -0.368 e. The van der Waals surface area contributed by atoms with Crippen LogP contribution in [0.25, 0.3) is 10.4 Å². The Balaban J connectivity index is 1.96. The molecule has 90 valence electrons. The summed E-state index contributed by atoms with van der Waals surface area (Å²) in [6, 6.07) is -0.540. The largest absolute Gasteiger partial charge is 0.368 e. The van der Waals surface area contributed by atoms with Gasteiger partial charge >= 0.3 is 0 Å². The van der Waals surface area contributed by atoms with Crippen LogP contribution in [0.15, 0.2) is 5.11 Å². The van der Waals surface area contributed by atoms with Crippen LogP contribution < -0.4 is 0 Å². The molecule has 0 aromatic carbocycles. The molecule has 0 amide bonds. The summed E-state index contributed by atoms with van der Waals surface area (Å²) in [5, 5.41) is 13.0. The summed E-state index contributed by atoms with van der Waals surface area (Å²) in [6.07, 6.45) is -1.10. The molecule has 2 heterocycles. The molecule has 0 aromatic heterocycles. The molecule has 7 heteroatoms. The smallest absolute Gasteiger partial charge is 0.163 e. The molecule has 2 aliphatic heterocycles. The third-order valence-electron chi connectivity index (χ3n) is 2.76. The van der Waals surface area contributed by atoms with Crippen LogP contribution in [0.4, 0.5) is 0 Å². The monoisotopic (exact) mass is 229 g/mol. The van der Waals surface area contributed by atoms with E-state index in [-0.39, 0.29) is 12.2 Å². The highest BCUT2D eigenvalue weighted by Gasteiger charge is 2.44. The lowest BCUT2D eigenvalue weighted by Crippen LogP contribution is -2.30. The van der Waals surface area contributed by atoms with Gasteiger partial charge in [-0.05, 0) is 25.8 Å². The molecule has 2 rings (SSSR count). The Hall–Kier alpha value is -0.850. The molecule has 0 bridgehead atoms. The van der Waals surface area contributed by atoms with Crippen LogP contribution in [0, 0.1) is 0 Å². The normalized spacial score (nSPS) is 41.9. The molecule has 0 saturated carbocycles. The molecule has 4 atom stereocenters. The van der Waals surface area contributed by atoms with Crippen LogP contribution in [-0.4, -0.2) is 42.0 Å². The number of hydrogen-bond acceptors (Lipinski definition) is 5. The Labute approximate surface area is 92.9 Å². The first kappa shape index (κ1) is 11.6. The average molecular weight is 229 g/mol. The maximum Gasteiger partial charge on any atom is 0.163 e. The molecule has 0 spiro atoms. The zero-order valence-corrected chi connectivity index (χ0v) is 9.24. The van der Waals surface area contributed by atoms with Crippen molar-refractivity contribution in [3.05, 3.63) is 10.4 Å². The Morgan fingerprint density at radius 1 is 1.44 bits per heavy atom. The van der Waals surface area contributed by atoms with Gasteiger partial charge in [0.2, 0.25) is 0 Å².